The van der Waals surface area contributed by atoms with Crippen LogP contribution in [0.4, 0.5) is 0 Å². The number of fused-ring (bicyclic) bond motifs is 1. The van der Waals surface area contributed by atoms with E-state index in [2.05, 4.69) is 22.3 Å². The van der Waals surface area contributed by atoms with Crippen LogP contribution in [0.2, 0.25) is 5.02 Å². The average Bonchev–Trinajstić information content (AvgIpc) is 2.41. The van der Waals surface area contributed by atoms with E-state index in [1.54, 1.807) is 0 Å². The molecule has 3 heteroatoms. The minimum atomic E-state index is 0.778. The number of piperidine rings is 2. The molecule has 0 aromatic heterocycles. The largest absolute Gasteiger partial charge is 0.314 e. The second-order valence-electron chi connectivity index (χ2n) is 5.61. The van der Waals surface area contributed by atoms with Gasteiger partial charge in [0, 0.05) is 24.2 Å². The van der Waals surface area contributed by atoms with Gasteiger partial charge in [0.25, 0.3) is 0 Å². The summed E-state index contributed by atoms with van der Waals surface area (Å²) < 4.78 is 0. The number of benzene rings is 1. The Morgan fingerprint density at radius 1 is 1.22 bits per heavy atom. The molecule has 2 fully saturated rings. The van der Waals surface area contributed by atoms with Gasteiger partial charge in [-0.3, -0.25) is 4.90 Å². The molecule has 2 saturated heterocycles. The van der Waals surface area contributed by atoms with Crippen molar-refractivity contribution in [3.63, 3.8) is 0 Å². The van der Waals surface area contributed by atoms with Crippen LogP contribution in [0.1, 0.15) is 24.8 Å². The molecule has 1 aromatic carbocycles. The minimum Gasteiger partial charge on any atom is -0.314 e. The van der Waals surface area contributed by atoms with Crippen molar-refractivity contribution in [3.8, 4) is 0 Å². The number of nitrogens with one attached hydrogen (secondary N) is 1. The molecule has 2 nitrogen and oxygen atoms in total. The number of hydrogen-bond donors (Lipinski definition) is 1. The number of halogens is 1. The van der Waals surface area contributed by atoms with E-state index < -0.39 is 0 Å². The van der Waals surface area contributed by atoms with Gasteiger partial charge < -0.3 is 5.32 Å². The molecule has 2 aliphatic heterocycles. The summed E-state index contributed by atoms with van der Waals surface area (Å²) in [6.07, 6.45) is 4.04. The molecule has 0 aliphatic carbocycles. The van der Waals surface area contributed by atoms with E-state index in [1.807, 2.05) is 12.1 Å². The van der Waals surface area contributed by atoms with E-state index in [4.69, 9.17) is 11.6 Å². The third kappa shape index (κ3) is 2.87. The van der Waals surface area contributed by atoms with Gasteiger partial charge >= 0.3 is 0 Å². The lowest BCUT2D eigenvalue weighted by Gasteiger charge is -2.41. The second-order valence-corrected chi connectivity index (χ2v) is 6.05. The Balaban J connectivity index is 1.59. The van der Waals surface area contributed by atoms with E-state index in [-0.39, 0.29) is 0 Å². The summed E-state index contributed by atoms with van der Waals surface area (Å²) in [5, 5.41) is 4.50. The smallest absolute Gasteiger partial charge is 0.0406 e. The first-order valence-electron chi connectivity index (χ1n) is 7.01. The van der Waals surface area contributed by atoms with E-state index in [1.165, 1.54) is 44.5 Å². The number of rotatable bonds is 2. The molecule has 3 rings (SSSR count). The summed E-state index contributed by atoms with van der Waals surface area (Å²) in [6, 6.07) is 9.05. The highest BCUT2D eigenvalue weighted by Gasteiger charge is 2.30. The molecular weight excluding hydrogens is 244 g/mol. The van der Waals surface area contributed by atoms with Crippen LogP contribution < -0.4 is 5.32 Å². The molecule has 0 bridgehead atoms. The predicted molar refractivity (Wildman–Crippen MR) is 75.9 cm³/mol. The van der Waals surface area contributed by atoms with E-state index in [9.17, 15) is 0 Å². The first-order chi connectivity index (χ1) is 8.81. The summed E-state index contributed by atoms with van der Waals surface area (Å²) in [7, 11) is 0. The SMILES string of the molecule is Clc1ccc(CN2CCC3NCCCC3C2)cc1. The maximum Gasteiger partial charge on any atom is 0.0406 e. The highest BCUT2D eigenvalue weighted by atomic mass is 35.5. The quantitative estimate of drug-likeness (QED) is 0.884. The van der Waals surface area contributed by atoms with Crippen molar-refractivity contribution in [2.24, 2.45) is 5.92 Å². The summed E-state index contributed by atoms with van der Waals surface area (Å²) in [5.74, 6) is 0.861. The summed E-state index contributed by atoms with van der Waals surface area (Å²) >= 11 is 5.92. The fourth-order valence-electron chi connectivity index (χ4n) is 3.31. The Kier molecular flexibility index (Phi) is 3.88. The van der Waals surface area contributed by atoms with Crippen LogP contribution in [-0.2, 0) is 6.54 Å². The van der Waals surface area contributed by atoms with Crippen molar-refractivity contribution in [3.05, 3.63) is 34.9 Å². The van der Waals surface area contributed by atoms with Gasteiger partial charge in [-0.25, -0.2) is 0 Å². The zero-order valence-electron chi connectivity index (χ0n) is 10.7. The van der Waals surface area contributed by atoms with Gasteiger partial charge in [0.05, 0.1) is 0 Å². The first-order valence-corrected chi connectivity index (χ1v) is 7.39. The van der Waals surface area contributed by atoms with Gasteiger partial charge in [-0.15, -0.1) is 0 Å². The second kappa shape index (κ2) is 5.60. The summed E-state index contributed by atoms with van der Waals surface area (Å²) in [5.41, 5.74) is 1.38. The average molecular weight is 265 g/mol. The zero-order chi connectivity index (χ0) is 12.4. The maximum atomic E-state index is 5.92. The monoisotopic (exact) mass is 264 g/mol. The molecular formula is C15H21ClN2. The lowest BCUT2D eigenvalue weighted by atomic mass is 9.85. The molecule has 1 N–H and O–H groups in total. The van der Waals surface area contributed by atoms with Crippen LogP contribution in [0.3, 0.4) is 0 Å². The lowest BCUT2D eigenvalue weighted by Crippen LogP contribution is -2.51. The molecule has 0 saturated carbocycles. The molecule has 0 radical (unpaired) electrons. The molecule has 2 heterocycles. The van der Waals surface area contributed by atoms with Crippen molar-refractivity contribution in [2.45, 2.75) is 31.8 Å². The van der Waals surface area contributed by atoms with Gasteiger partial charge in [-0.05, 0) is 56.0 Å². The topological polar surface area (TPSA) is 15.3 Å². The van der Waals surface area contributed by atoms with Gasteiger partial charge in [0.2, 0.25) is 0 Å². The molecule has 0 amide bonds. The third-order valence-corrected chi connectivity index (χ3v) is 4.55. The molecule has 2 atom stereocenters. The van der Waals surface area contributed by atoms with Gasteiger partial charge in [-0.1, -0.05) is 23.7 Å². The van der Waals surface area contributed by atoms with Gasteiger partial charge in [-0.2, -0.15) is 0 Å². The third-order valence-electron chi connectivity index (χ3n) is 4.30. The maximum absolute atomic E-state index is 5.92. The highest BCUT2D eigenvalue weighted by molar-refractivity contribution is 6.30. The first kappa shape index (κ1) is 12.5. The van der Waals surface area contributed by atoms with Crippen LogP contribution in [0.25, 0.3) is 0 Å². The number of nitrogens with zero attached hydrogens (tertiary/aromatic N) is 1. The molecule has 2 unspecified atom stereocenters. The Labute approximate surface area is 114 Å². The van der Waals surface area contributed by atoms with Crippen LogP contribution >= 0.6 is 11.6 Å². The summed E-state index contributed by atoms with van der Waals surface area (Å²) in [4.78, 5) is 2.59. The Hall–Kier alpha value is -0.570. The molecule has 18 heavy (non-hydrogen) atoms. The zero-order valence-corrected chi connectivity index (χ0v) is 11.5. The molecule has 2 aliphatic rings. The Morgan fingerprint density at radius 2 is 2.06 bits per heavy atom. The predicted octanol–water partition coefficient (Wildman–Crippen LogP) is 2.91. The van der Waals surface area contributed by atoms with Crippen molar-refractivity contribution >= 4 is 11.6 Å². The minimum absolute atomic E-state index is 0.778. The van der Waals surface area contributed by atoms with E-state index >= 15 is 0 Å². The summed E-state index contributed by atoms with van der Waals surface area (Å²) in [6.45, 7) is 4.76. The fraction of sp³-hybridized carbons (Fsp3) is 0.600. The normalized spacial score (nSPS) is 28.9. The van der Waals surface area contributed by atoms with Gasteiger partial charge in [0.1, 0.15) is 0 Å². The van der Waals surface area contributed by atoms with Crippen LogP contribution in [0.5, 0.6) is 0 Å². The number of likely N-dealkylation sites (tertiary alicyclic amines) is 1. The lowest BCUT2D eigenvalue weighted by molar-refractivity contribution is 0.109. The molecule has 1 aromatic rings. The van der Waals surface area contributed by atoms with Crippen molar-refractivity contribution < 1.29 is 0 Å². The van der Waals surface area contributed by atoms with E-state index in [0.29, 0.717) is 0 Å². The standard InChI is InChI=1S/C15H21ClN2/c16-14-5-3-12(4-6-14)10-18-9-7-15-13(11-18)2-1-8-17-15/h3-6,13,15,17H,1-2,7-11H2. The van der Waals surface area contributed by atoms with E-state index in [0.717, 1.165) is 23.5 Å². The van der Waals surface area contributed by atoms with Crippen LogP contribution in [0.15, 0.2) is 24.3 Å². The number of hydrogen-bond acceptors (Lipinski definition) is 2. The van der Waals surface area contributed by atoms with Crippen molar-refractivity contribution in [1.82, 2.24) is 10.2 Å². The molecule has 98 valence electrons. The van der Waals surface area contributed by atoms with Crippen molar-refractivity contribution in [2.75, 3.05) is 19.6 Å². The van der Waals surface area contributed by atoms with Crippen molar-refractivity contribution in [1.29, 1.82) is 0 Å². The Morgan fingerprint density at radius 3 is 2.89 bits per heavy atom. The van der Waals surface area contributed by atoms with Crippen LogP contribution in [0, 0.1) is 5.92 Å². The molecule has 0 spiro atoms. The van der Waals surface area contributed by atoms with Gasteiger partial charge in [0.15, 0.2) is 0 Å². The Bertz CT molecular complexity index is 390. The fourth-order valence-corrected chi connectivity index (χ4v) is 3.44. The highest BCUT2D eigenvalue weighted by Crippen LogP contribution is 2.25. The van der Waals surface area contributed by atoms with Crippen LogP contribution in [-0.4, -0.2) is 30.6 Å².